The van der Waals surface area contributed by atoms with Crippen LogP contribution in [0.4, 0.5) is 0 Å². The summed E-state index contributed by atoms with van der Waals surface area (Å²) >= 11 is 5.43. The van der Waals surface area contributed by atoms with Crippen LogP contribution in [0.1, 0.15) is 57.6 Å². The van der Waals surface area contributed by atoms with E-state index in [9.17, 15) is 0 Å². The third kappa shape index (κ3) is 5.20. The number of hydrogen-bond donors (Lipinski definition) is 2. The maximum atomic E-state index is 5.46. The average molecular weight is 306 g/mol. The number of ether oxygens (including phenoxy) is 1. The third-order valence-corrected chi connectivity index (χ3v) is 4.21. The molecule has 21 heavy (non-hydrogen) atoms. The normalized spacial score (nSPS) is 17.0. The Morgan fingerprint density at radius 2 is 1.90 bits per heavy atom. The first-order valence-corrected chi connectivity index (χ1v) is 8.39. The van der Waals surface area contributed by atoms with E-state index < -0.39 is 0 Å². The molecule has 1 aromatic rings. The molecule has 4 heteroatoms. The van der Waals surface area contributed by atoms with Gasteiger partial charge in [0, 0.05) is 6.04 Å². The van der Waals surface area contributed by atoms with E-state index in [1.54, 1.807) is 0 Å². The van der Waals surface area contributed by atoms with Gasteiger partial charge in [-0.3, -0.25) is 0 Å². The van der Waals surface area contributed by atoms with Crippen LogP contribution in [0.5, 0.6) is 5.75 Å². The van der Waals surface area contributed by atoms with Crippen molar-refractivity contribution in [1.29, 1.82) is 0 Å². The minimum absolute atomic E-state index is 0.198. The SMILES string of the molecule is CCOc1ccc([C@@H](C)NC(=S)NC2CCCCC2)cc1. The zero-order valence-electron chi connectivity index (χ0n) is 13.0. The fourth-order valence-corrected chi connectivity index (χ4v) is 3.12. The number of hydrogen-bond acceptors (Lipinski definition) is 2. The lowest BCUT2D eigenvalue weighted by Gasteiger charge is -2.26. The number of nitrogens with one attached hydrogen (secondary N) is 2. The van der Waals surface area contributed by atoms with Crippen LogP contribution in [0, 0.1) is 0 Å². The molecular weight excluding hydrogens is 280 g/mol. The van der Waals surface area contributed by atoms with E-state index in [2.05, 4.69) is 29.7 Å². The van der Waals surface area contributed by atoms with Gasteiger partial charge in [0.15, 0.2) is 5.11 Å². The molecule has 3 nitrogen and oxygen atoms in total. The summed E-state index contributed by atoms with van der Waals surface area (Å²) in [5.74, 6) is 0.913. The molecule has 0 saturated heterocycles. The topological polar surface area (TPSA) is 33.3 Å². The first-order valence-electron chi connectivity index (χ1n) is 7.99. The van der Waals surface area contributed by atoms with Gasteiger partial charge in [-0.2, -0.15) is 0 Å². The molecule has 0 spiro atoms. The molecule has 2 rings (SSSR count). The van der Waals surface area contributed by atoms with E-state index >= 15 is 0 Å². The lowest BCUT2D eigenvalue weighted by molar-refractivity contribution is 0.340. The summed E-state index contributed by atoms with van der Waals surface area (Å²) in [5.41, 5.74) is 1.21. The molecule has 0 aliphatic heterocycles. The molecule has 0 bridgehead atoms. The molecule has 1 saturated carbocycles. The summed E-state index contributed by atoms with van der Waals surface area (Å²) in [6.45, 7) is 4.82. The Morgan fingerprint density at radius 3 is 2.52 bits per heavy atom. The van der Waals surface area contributed by atoms with Crippen molar-refractivity contribution in [3.63, 3.8) is 0 Å². The monoisotopic (exact) mass is 306 g/mol. The lowest BCUT2D eigenvalue weighted by atomic mass is 9.96. The highest BCUT2D eigenvalue weighted by Crippen LogP contribution is 2.19. The van der Waals surface area contributed by atoms with E-state index in [1.807, 2.05) is 19.1 Å². The Bertz CT molecular complexity index is 441. The van der Waals surface area contributed by atoms with E-state index in [4.69, 9.17) is 17.0 Å². The van der Waals surface area contributed by atoms with Crippen LogP contribution < -0.4 is 15.4 Å². The average Bonchev–Trinajstić information content (AvgIpc) is 2.49. The smallest absolute Gasteiger partial charge is 0.166 e. The molecule has 0 unspecified atom stereocenters. The fraction of sp³-hybridized carbons (Fsp3) is 0.588. The van der Waals surface area contributed by atoms with E-state index in [0.717, 1.165) is 10.9 Å². The first-order chi connectivity index (χ1) is 10.2. The second-order valence-corrected chi connectivity index (χ2v) is 6.08. The molecule has 2 N–H and O–H groups in total. The molecule has 116 valence electrons. The van der Waals surface area contributed by atoms with Crippen molar-refractivity contribution in [2.24, 2.45) is 0 Å². The summed E-state index contributed by atoms with van der Waals surface area (Å²) in [5, 5.41) is 7.59. The maximum Gasteiger partial charge on any atom is 0.166 e. The molecule has 1 fully saturated rings. The van der Waals surface area contributed by atoms with Gasteiger partial charge in [-0.1, -0.05) is 31.4 Å². The van der Waals surface area contributed by atoms with E-state index in [-0.39, 0.29) is 6.04 Å². The highest BCUT2D eigenvalue weighted by molar-refractivity contribution is 7.80. The summed E-state index contributed by atoms with van der Waals surface area (Å²) < 4.78 is 5.46. The molecular formula is C17H26N2OS. The summed E-state index contributed by atoms with van der Waals surface area (Å²) in [6.07, 6.45) is 6.46. The molecule has 0 aromatic heterocycles. The van der Waals surface area contributed by atoms with Gasteiger partial charge in [0.2, 0.25) is 0 Å². The highest BCUT2D eigenvalue weighted by atomic mass is 32.1. The second-order valence-electron chi connectivity index (χ2n) is 5.68. The Morgan fingerprint density at radius 1 is 1.24 bits per heavy atom. The number of rotatable bonds is 5. The number of benzene rings is 1. The van der Waals surface area contributed by atoms with Crippen molar-refractivity contribution < 1.29 is 4.74 Å². The van der Waals surface area contributed by atoms with Gasteiger partial charge in [0.1, 0.15) is 5.75 Å². The Labute approximate surface area is 133 Å². The minimum atomic E-state index is 0.198. The van der Waals surface area contributed by atoms with Gasteiger partial charge < -0.3 is 15.4 Å². The third-order valence-electron chi connectivity index (χ3n) is 3.98. The van der Waals surface area contributed by atoms with Crippen molar-refractivity contribution in [3.05, 3.63) is 29.8 Å². The van der Waals surface area contributed by atoms with Crippen molar-refractivity contribution in [2.75, 3.05) is 6.61 Å². The Balaban J connectivity index is 1.82. The summed E-state index contributed by atoms with van der Waals surface area (Å²) in [6, 6.07) is 8.94. The van der Waals surface area contributed by atoms with Gasteiger partial charge in [-0.25, -0.2) is 0 Å². The van der Waals surface area contributed by atoms with E-state index in [0.29, 0.717) is 12.6 Å². The van der Waals surface area contributed by atoms with Crippen LogP contribution in [-0.4, -0.2) is 17.8 Å². The zero-order valence-corrected chi connectivity index (χ0v) is 13.8. The second kappa shape index (κ2) is 8.23. The van der Waals surface area contributed by atoms with Crippen LogP contribution in [0.15, 0.2) is 24.3 Å². The van der Waals surface area contributed by atoms with Crippen molar-refractivity contribution >= 4 is 17.3 Å². The van der Waals surface area contributed by atoms with Crippen LogP contribution >= 0.6 is 12.2 Å². The van der Waals surface area contributed by atoms with Gasteiger partial charge in [0.25, 0.3) is 0 Å². The van der Waals surface area contributed by atoms with Crippen molar-refractivity contribution in [1.82, 2.24) is 10.6 Å². The fourth-order valence-electron chi connectivity index (χ4n) is 2.77. The van der Waals surface area contributed by atoms with Crippen molar-refractivity contribution in [2.45, 2.75) is 58.0 Å². The molecule has 1 aromatic carbocycles. The van der Waals surface area contributed by atoms with Crippen LogP contribution in [0.25, 0.3) is 0 Å². The zero-order chi connectivity index (χ0) is 15.1. The van der Waals surface area contributed by atoms with Crippen LogP contribution in [0.3, 0.4) is 0 Å². The standard InChI is InChI=1S/C17H26N2OS/c1-3-20-16-11-9-14(10-12-16)13(2)18-17(21)19-15-7-5-4-6-8-15/h9-13,15H,3-8H2,1-2H3,(H2,18,19,21)/t13-/m1/s1. The minimum Gasteiger partial charge on any atom is -0.494 e. The lowest BCUT2D eigenvalue weighted by Crippen LogP contribution is -2.43. The van der Waals surface area contributed by atoms with Gasteiger partial charge >= 0.3 is 0 Å². The highest BCUT2D eigenvalue weighted by Gasteiger charge is 2.15. The summed E-state index contributed by atoms with van der Waals surface area (Å²) in [4.78, 5) is 0. The van der Waals surface area contributed by atoms with Crippen molar-refractivity contribution in [3.8, 4) is 5.75 Å². The molecule has 1 aliphatic rings. The van der Waals surface area contributed by atoms with Gasteiger partial charge in [0.05, 0.1) is 12.6 Å². The quantitative estimate of drug-likeness (QED) is 0.807. The van der Waals surface area contributed by atoms with Gasteiger partial charge in [-0.15, -0.1) is 0 Å². The van der Waals surface area contributed by atoms with E-state index in [1.165, 1.54) is 37.7 Å². The molecule has 0 amide bonds. The maximum absolute atomic E-state index is 5.46. The van der Waals surface area contributed by atoms with Crippen LogP contribution in [0.2, 0.25) is 0 Å². The van der Waals surface area contributed by atoms with Gasteiger partial charge in [-0.05, 0) is 56.6 Å². The predicted molar refractivity (Wildman–Crippen MR) is 91.8 cm³/mol. The molecule has 0 radical (unpaired) electrons. The first kappa shape index (κ1) is 16.1. The molecule has 0 heterocycles. The Kier molecular flexibility index (Phi) is 6.30. The summed E-state index contributed by atoms with van der Waals surface area (Å²) in [7, 11) is 0. The Hall–Kier alpha value is -1.29. The largest absolute Gasteiger partial charge is 0.494 e. The predicted octanol–water partition coefficient (Wildman–Crippen LogP) is 3.94. The molecule has 1 aliphatic carbocycles. The number of thiocarbonyl (C=S) groups is 1. The van der Waals surface area contributed by atoms with Crippen LogP contribution in [-0.2, 0) is 0 Å². The molecule has 1 atom stereocenters.